The molecule has 3 rings (SSSR count). The lowest BCUT2D eigenvalue weighted by Gasteiger charge is -2.18. The first-order chi connectivity index (χ1) is 14.3. The minimum atomic E-state index is -4.30. The van der Waals surface area contributed by atoms with Crippen molar-refractivity contribution in [2.24, 2.45) is 0 Å². The fourth-order valence-electron chi connectivity index (χ4n) is 3.18. The summed E-state index contributed by atoms with van der Waals surface area (Å²) in [6.45, 7) is 2.00. The van der Waals surface area contributed by atoms with Crippen LogP contribution in [0.1, 0.15) is 28.4 Å². The van der Waals surface area contributed by atoms with Gasteiger partial charge in [0.05, 0.1) is 12.0 Å². The zero-order valence-corrected chi connectivity index (χ0v) is 16.4. The van der Waals surface area contributed by atoms with Crippen molar-refractivity contribution in [3.05, 3.63) is 89.7 Å². The number of anilines is 2. The first-order valence-corrected chi connectivity index (χ1v) is 9.52. The second-order valence-electron chi connectivity index (χ2n) is 7.10. The van der Waals surface area contributed by atoms with Crippen molar-refractivity contribution in [3.63, 3.8) is 0 Å². The van der Waals surface area contributed by atoms with Gasteiger partial charge in [-0.25, -0.2) is 0 Å². The third-order valence-corrected chi connectivity index (χ3v) is 4.43. The number of pyridine rings is 1. The molecule has 2 aromatic carbocycles. The SMILES string of the molecule is CC(Cc1cccnc1)Nc1ccccc1C(=O)Nc1cccc(CC(F)(F)F)c1. The van der Waals surface area contributed by atoms with E-state index < -0.39 is 18.5 Å². The van der Waals surface area contributed by atoms with Gasteiger partial charge in [-0.05, 0) is 54.8 Å². The second kappa shape index (κ2) is 9.43. The summed E-state index contributed by atoms with van der Waals surface area (Å²) in [5.41, 5.74) is 2.55. The maximum absolute atomic E-state index is 12.8. The largest absolute Gasteiger partial charge is 0.393 e. The molecular weight excluding hydrogens is 391 g/mol. The highest BCUT2D eigenvalue weighted by atomic mass is 19.4. The molecule has 3 aromatic rings. The van der Waals surface area contributed by atoms with Crippen LogP contribution in [-0.4, -0.2) is 23.1 Å². The summed E-state index contributed by atoms with van der Waals surface area (Å²) in [4.78, 5) is 16.9. The van der Waals surface area contributed by atoms with E-state index in [1.807, 2.05) is 25.1 Å². The van der Waals surface area contributed by atoms with Crippen molar-refractivity contribution in [2.75, 3.05) is 10.6 Å². The summed E-state index contributed by atoms with van der Waals surface area (Å²) in [6.07, 6.45) is -1.11. The van der Waals surface area contributed by atoms with E-state index in [1.165, 1.54) is 18.2 Å². The Morgan fingerprint density at radius 2 is 1.80 bits per heavy atom. The van der Waals surface area contributed by atoms with Gasteiger partial charge in [0.15, 0.2) is 0 Å². The Morgan fingerprint density at radius 1 is 1.03 bits per heavy atom. The molecule has 0 bridgehead atoms. The first kappa shape index (κ1) is 21.4. The standard InChI is InChI=1S/C23H22F3N3O/c1-16(12-18-7-5-11-27-15-18)28-21-10-3-2-9-20(21)22(30)29-19-8-4-6-17(13-19)14-23(24,25)26/h2-11,13,15-16,28H,12,14H2,1H3,(H,29,30). The Labute approximate surface area is 173 Å². The zero-order chi connectivity index (χ0) is 21.6. The second-order valence-corrected chi connectivity index (χ2v) is 7.10. The summed E-state index contributed by atoms with van der Waals surface area (Å²) in [5, 5.41) is 6.02. The number of carbonyl (C=O) groups is 1. The van der Waals surface area contributed by atoms with Crippen molar-refractivity contribution in [3.8, 4) is 0 Å². The number of hydrogen-bond donors (Lipinski definition) is 2. The predicted molar refractivity (Wildman–Crippen MR) is 112 cm³/mol. The summed E-state index contributed by atoms with van der Waals surface area (Å²) < 4.78 is 37.9. The molecule has 0 aliphatic carbocycles. The molecule has 0 radical (unpaired) electrons. The molecule has 0 spiro atoms. The van der Waals surface area contributed by atoms with Crippen LogP contribution in [0.5, 0.6) is 0 Å². The van der Waals surface area contributed by atoms with Crippen LogP contribution in [0.4, 0.5) is 24.5 Å². The van der Waals surface area contributed by atoms with Crippen molar-refractivity contribution < 1.29 is 18.0 Å². The number of aromatic nitrogens is 1. The van der Waals surface area contributed by atoms with Crippen LogP contribution < -0.4 is 10.6 Å². The van der Waals surface area contributed by atoms with Gasteiger partial charge in [-0.1, -0.05) is 30.3 Å². The molecule has 1 aromatic heterocycles. The van der Waals surface area contributed by atoms with E-state index in [2.05, 4.69) is 15.6 Å². The molecule has 1 unspecified atom stereocenters. The Hall–Kier alpha value is -3.35. The van der Waals surface area contributed by atoms with Crippen LogP contribution in [0.25, 0.3) is 0 Å². The maximum Gasteiger partial charge on any atom is 0.393 e. The highest BCUT2D eigenvalue weighted by Gasteiger charge is 2.27. The number of rotatable bonds is 7. The Bertz CT molecular complexity index is 990. The van der Waals surface area contributed by atoms with E-state index in [1.54, 1.807) is 36.7 Å². The number of amides is 1. The van der Waals surface area contributed by atoms with Gasteiger partial charge < -0.3 is 10.6 Å². The van der Waals surface area contributed by atoms with Gasteiger partial charge in [0, 0.05) is 29.8 Å². The lowest BCUT2D eigenvalue weighted by molar-refractivity contribution is -0.127. The van der Waals surface area contributed by atoms with Gasteiger partial charge in [-0.15, -0.1) is 0 Å². The van der Waals surface area contributed by atoms with E-state index >= 15 is 0 Å². The van der Waals surface area contributed by atoms with Crippen LogP contribution in [0.15, 0.2) is 73.1 Å². The van der Waals surface area contributed by atoms with Gasteiger partial charge in [0.2, 0.25) is 0 Å². The number of benzene rings is 2. The lowest BCUT2D eigenvalue weighted by atomic mass is 10.1. The number of nitrogens with one attached hydrogen (secondary N) is 2. The van der Waals surface area contributed by atoms with Crippen molar-refractivity contribution >= 4 is 17.3 Å². The fraction of sp³-hybridized carbons (Fsp3) is 0.217. The van der Waals surface area contributed by atoms with Gasteiger partial charge in [-0.3, -0.25) is 9.78 Å². The summed E-state index contributed by atoms with van der Waals surface area (Å²) in [5.74, 6) is -0.393. The molecule has 1 heterocycles. The van der Waals surface area contributed by atoms with Crippen molar-refractivity contribution in [1.82, 2.24) is 4.98 Å². The minimum absolute atomic E-state index is 0.0401. The molecule has 156 valence electrons. The summed E-state index contributed by atoms with van der Waals surface area (Å²) >= 11 is 0. The molecule has 0 saturated heterocycles. The van der Waals surface area contributed by atoms with Crippen molar-refractivity contribution in [1.29, 1.82) is 0 Å². The molecular formula is C23H22F3N3O. The average Bonchev–Trinajstić information content (AvgIpc) is 2.68. The summed E-state index contributed by atoms with van der Waals surface area (Å²) in [6, 6.07) is 16.7. The molecule has 1 atom stereocenters. The van der Waals surface area contributed by atoms with Gasteiger partial charge in [0.25, 0.3) is 5.91 Å². The Morgan fingerprint density at radius 3 is 2.53 bits per heavy atom. The predicted octanol–water partition coefficient (Wildman–Crippen LogP) is 5.48. The van der Waals surface area contributed by atoms with Gasteiger partial charge >= 0.3 is 6.18 Å². The third-order valence-electron chi connectivity index (χ3n) is 4.43. The van der Waals surface area contributed by atoms with E-state index in [4.69, 9.17) is 0 Å². The Balaban J connectivity index is 1.70. The van der Waals surface area contributed by atoms with Gasteiger partial charge in [0.1, 0.15) is 0 Å². The number of carbonyl (C=O) groups excluding carboxylic acids is 1. The smallest absolute Gasteiger partial charge is 0.382 e. The molecule has 4 nitrogen and oxygen atoms in total. The number of halogens is 3. The van der Waals surface area contributed by atoms with E-state index in [0.29, 0.717) is 16.9 Å². The quantitative estimate of drug-likeness (QED) is 0.539. The van der Waals surface area contributed by atoms with Crippen molar-refractivity contribution in [2.45, 2.75) is 32.0 Å². The van der Waals surface area contributed by atoms with Crippen LogP contribution >= 0.6 is 0 Å². The molecule has 0 aliphatic heterocycles. The molecule has 30 heavy (non-hydrogen) atoms. The van der Waals surface area contributed by atoms with E-state index in [-0.39, 0.29) is 11.6 Å². The maximum atomic E-state index is 12.8. The first-order valence-electron chi connectivity index (χ1n) is 9.52. The molecule has 0 saturated carbocycles. The molecule has 7 heteroatoms. The Kier molecular flexibility index (Phi) is 6.72. The van der Waals surface area contributed by atoms with E-state index in [9.17, 15) is 18.0 Å². The molecule has 0 fully saturated rings. The lowest BCUT2D eigenvalue weighted by Crippen LogP contribution is -2.21. The number of alkyl halides is 3. The number of para-hydroxylation sites is 1. The number of nitrogens with zero attached hydrogens (tertiary/aromatic N) is 1. The highest BCUT2D eigenvalue weighted by molar-refractivity contribution is 6.08. The molecule has 1 amide bonds. The molecule has 0 aliphatic rings. The minimum Gasteiger partial charge on any atom is -0.382 e. The fourth-order valence-corrected chi connectivity index (χ4v) is 3.18. The van der Waals surface area contributed by atoms with Gasteiger partial charge in [-0.2, -0.15) is 13.2 Å². The van der Waals surface area contributed by atoms with Crippen LogP contribution in [0.3, 0.4) is 0 Å². The number of hydrogen-bond acceptors (Lipinski definition) is 3. The van der Waals surface area contributed by atoms with Crippen LogP contribution in [0.2, 0.25) is 0 Å². The van der Waals surface area contributed by atoms with Crippen LogP contribution in [-0.2, 0) is 12.8 Å². The molecule has 2 N–H and O–H groups in total. The highest BCUT2D eigenvalue weighted by Crippen LogP contribution is 2.24. The monoisotopic (exact) mass is 413 g/mol. The normalized spacial score (nSPS) is 12.3. The van der Waals surface area contributed by atoms with Crippen LogP contribution in [0, 0.1) is 0 Å². The topological polar surface area (TPSA) is 54.0 Å². The van der Waals surface area contributed by atoms with E-state index in [0.717, 1.165) is 12.0 Å². The average molecular weight is 413 g/mol. The summed E-state index contributed by atoms with van der Waals surface area (Å²) in [7, 11) is 0. The third kappa shape index (κ3) is 6.34. The zero-order valence-electron chi connectivity index (χ0n) is 16.4.